The number of hydrogen-bond acceptors (Lipinski definition) is 4. The van der Waals surface area contributed by atoms with Crippen LogP contribution in [0.4, 0.5) is 13.2 Å². The van der Waals surface area contributed by atoms with Crippen molar-refractivity contribution in [2.24, 2.45) is 5.73 Å². The number of rotatable bonds is 3. The first-order valence-electron chi connectivity index (χ1n) is 7.23. The van der Waals surface area contributed by atoms with Gasteiger partial charge in [0.2, 0.25) is 5.91 Å². The van der Waals surface area contributed by atoms with Crippen molar-refractivity contribution in [2.45, 2.75) is 57.8 Å². The molecular weight excluding hydrogens is 299 g/mol. The number of carbonyl (C=O) groups is 1. The molecule has 8 heteroatoms. The van der Waals surface area contributed by atoms with Gasteiger partial charge in [0.25, 0.3) is 0 Å². The van der Waals surface area contributed by atoms with Crippen molar-refractivity contribution >= 4 is 5.91 Å². The molecule has 2 unspecified atom stereocenters. The Morgan fingerprint density at radius 1 is 1.41 bits per heavy atom. The summed E-state index contributed by atoms with van der Waals surface area (Å²) in [6.07, 6.45) is -3.98. The van der Waals surface area contributed by atoms with Crippen LogP contribution in [0.5, 0.6) is 0 Å². The van der Waals surface area contributed by atoms with Gasteiger partial charge >= 0.3 is 6.18 Å². The minimum atomic E-state index is -4.42. The minimum absolute atomic E-state index is 0.0117. The monoisotopic (exact) mass is 319 g/mol. The molecule has 124 valence electrons. The lowest BCUT2D eigenvalue weighted by molar-refractivity contribution is -0.196. The van der Waals surface area contributed by atoms with Crippen LogP contribution < -0.4 is 5.73 Å². The third-order valence-corrected chi connectivity index (χ3v) is 4.09. The molecule has 2 atom stereocenters. The number of alkyl halides is 3. The Hall–Kier alpha value is -1.57. The molecule has 1 aliphatic heterocycles. The Kier molecular flexibility index (Phi) is 4.79. The summed E-state index contributed by atoms with van der Waals surface area (Å²) < 4.78 is 44.2. The van der Waals surface area contributed by atoms with Gasteiger partial charge in [-0.3, -0.25) is 4.79 Å². The van der Waals surface area contributed by atoms with E-state index in [1.54, 1.807) is 13.8 Å². The zero-order valence-corrected chi connectivity index (χ0v) is 12.6. The Bertz CT molecular complexity index is 522. The van der Waals surface area contributed by atoms with Crippen LogP contribution in [0, 0.1) is 13.8 Å². The highest BCUT2D eigenvalue weighted by atomic mass is 19.4. The number of amides is 1. The van der Waals surface area contributed by atoms with Crippen LogP contribution in [0.15, 0.2) is 4.52 Å². The third-order valence-electron chi connectivity index (χ3n) is 4.09. The quantitative estimate of drug-likeness (QED) is 0.926. The molecule has 0 aromatic carbocycles. The van der Waals surface area contributed by atoms with Crippen LogP contribution >= 0.6 is 0 Å². The SMILES string of the molecule is Cc1noc(C)c1CCC(=O)N1CC(N)CCC1C(F)(F)F. The molecule has 2 rings (SSSR count). The molecule has 5 nitrogen and oxygen atoms in total. The van der Waals surface area contributed by atoms with Gasteiger partial charge in [0.1, 0.15) is 11.8 Å². The van der Waals surface area contributed by atoms with E-state index >= 15 is 0 Å². The smallest absolute Gasteiger partial charge is 0.361 e. The second kappa shape index (κ2) is 6.28. The molecule has 2 N–H and O–H groups in total. The van der Waals surface area contributed by atoms with E-state index < -0.39 is 24.2 Å². The Balaban J connectivity index is 2.05. The molecule has 0 radical (unpaired) electrons. The molecule has 1 aromatic heterocycles. The normalized spacial score (nSPS) is 22.9. The van der Waals surface area contributed by atoms with E-state index in [1.807, 2.05) is 0 Å². The van der Waals surface area contributed by atoms with Crippen molar-refractivity contribution < 1.29 is 22.5 Å². The topological polar surface area (TPSA) is 72.4 Å². The third kappa shape index (κ3) is 3.60. The number of piperidine rings is 1. The average molecular weight is 319 g/mol. The molecule has 0 saturated carbocycles. The number of nitrogens with zero attached hydrogens (tertiary/aromatic N) is 2. The molecule has 1 aliphatic rings. The fourth-order valence-electron chi connectivity index (χ4n) is 2.85. The van der Waals surface area contributed by atoms with E-state index in [2.05, 4.69) is 5.16 Å². The maximum absolute atomic E-state index is 13.1. The van der Waals surface area contributed by atoms with Gasteiger partial charge in [0, 0.05) is 24.6 Å². The standard InChI is InChI=1S/C14H20F3N3O2/c1-8-11(9(2)22-19-8)4-6-13(21)20-7-10(18)3-5-12(20)14(15,16)17/h10,12H,3-7,18H2,1-2H3. The summed E-state index contributed by atoms with van der Waals surface area (Å²) in [5, 5.41) is 3.77. The van der Waals surface area contributed by atoms with Gasteiger partial charge in [-0.2, -0.15) is 13.2 Å². The highest BCUT2D eigenvalue weighted by Gasteiger charge is 2.47. The number of aromatic nitrogens is 1. The highest BCUT2D eigenvalue weighted by molar-refractivity contribution is 5.77. The molecule has 0 bridgehead atoms. The average Bonchev–Trinajstić information content (AvgIpc) is 2.74. The fraction of sp³-hybridized carbons (Fsp3) is 0.714. The van der Waals surface area contributed by atoms with E-state index in [4.69, 9.17) is 10.3 Å². The summed E-state index contributed by atoms with van der Waals surface area (Å²) in [7, 11) is 0. The molecule has 1 fully saturated rings. The summed E-state index contributed by atoms with van der Waals surface area (Å²) >= 11 is 0. The predicted molar refractivity (Wildman–Crippen MR) is 73.1 cm³/mol. The van der Waals surface area contributed by atoms with Crippen LogP contribution in [-0.2, 0) is 11.2 Å². The first-order chi connectivity index (χ1) is 10.2. The van der Waals surface area contributed by atoms with Crippen LogP contribution in [0.3, 0.4) is 0 Å². The summed E-state index contributed by atoms with van der Waals surface area (Å²) in [5.74, 6) is 0.0606. The number of halogens is 3. The zero-order valence-electron chi connectivity index (χ0n) is 12.6. The van der Waals surface area contributed by atoms with Crippen molar-refractivity contribution in [1.29, 1.82) is 0 Å². The fourth-order valence-corrected chi connectivity index (χ4v) is 2.85. The Morgan fingerprint density at radius 3 is 2.64 bits per heavy atom. The van der Waals surface area contributed by atoms with Gasteiger partial charge in [-0.25, -0.2) is 0 Å². The second-order valence-electron chi connectivity index (χ2n) is 5.74. The molecule has 0 spiro atoms. The van der Waals surface area contributed by atoms with E-state index in [-0.39, 0.29) is 25.8 Å². The summed E-state index contributed by atoms with van der Waals surface area (Å²) in [4.78, 5) is 13.1. The maximum atomic E-state index is 13.1. The molecule has 1 amide bonds. The summed E-state index contributed by atoms with van der Waals surface area (Å²) in [6, 6.07) is -2.13. The Labute approximate surface area is 126 Å². The number of nitrogens with two attached hydrogens (primary N) is 1. The second-order valence-corrected chi connectivity index (χ2v) is 5.74. The molecular formula is C14H20F3N3O2. The summed E-state index contributed by atoms with van der Waals surface area (Å²) in [6.45, 7) is 3.41. The van der Waals surface area contributed by atoms with Gasteiger partial charge in [0.05, 0.1) is 5.69 Å². The van der Waals surface area contributed by atoms with E-state index in [0.29, 0.717) is 17.9 Å². The molecule has 1 saturated heterocycles. The van der Waals surface area contributed by atoms with Gasteiger partial charge in [0.15, 0.2) is 0 Å². The van der Waals surface area contributed by atoms with Crippen LogP contribution in [-0.4, -0.2) is 40.8 Å². The molecule has 0 aliphatic carbocycles. The van der Waals surface area contributed by atoms with Crippen molar-refractivity contribution in [3.63, 3.8) is 0 Å². The molecule has 1 aromatic rings. The maximum Gasteiger partial charge on any atom is 0.408 e. The van der Waals surface area contributed by atoms with Crippen molar-refractivity contribution in [3.05, 3.63) is 17.0 Å². The predicted octanol–water partition coefficient (Wildman–Crippen LogP) is 2.10. The van der Waals surface area contributed by atoms with Gasteiger partial charge < -0.3 is 15.2 Å². The van der Waals surface area contributed by atoms with E-state index in [0.717, 1.165) is 10.5 Å². The van der Waals surface area contributed by atoms with Gasteiger partial charge in [-0.05, 0) is 33.1 Å². The Morgan fingerprint density at radius 2 is 2.09 bits per heavy atom. The van der Waals surface area contributed by atoms with Gasteiger partial charge in [-0.1, -0.05) is 5.16 Å². The minimum Gasteiger partial charge on any atom is -0.361 e. The first kappa shape index (κ1) is 16.8. The lowest BCUT2D eigenvalue weighted by atomic mass is 9.97. The van der Waals surface area contributed by atoms with Crippen LogP contribution in [0.2, 0.25) is 0 Å². The van der Waals surface area contributed by atoms with Crippen LogP contribution in [0.1, 0.15) is 36.3 Å². The number of aryl methyl sites for hydroxylation is 2. The van der Waals surface area contributed by atoms with Crippen LogP contribution in [0.25, 0.3) is 0 Å². The van der Waals surface area contributed by atoms with Crippen molar-refractivity contribution in [3.8, 4) is 0 Å². The highest BCUT2D eigenvalue weighted by Crippen LogP contribution is 2.32. The lowest BCUT2D eigenvalue weighted by Gasteiger charge is -2.39. The van der Waals surface area contributed by atoms with Crippen molar-refractivity contribution in [2.75, 3.05) is 6.54 Å². The van der Waals surface area contributed by atoms with Crippen molar-refractivity contribution in [1.82, 2.24) is 10.1 Å². The number of likely N-dealkylation sites (tertiary alicyclic amines) is 1. The summed E-state index contributed by atoms with van der Waals surface area (Å²) in [5.41, 5.74) is 7.16. The van der Waals surface area contributed by atoms with Gasteiger partial charge in [-0.15, -0.1) is 0 Å². The lowest BCUT2D eigenvalue weighted by Crippen LogP contribution is -2.56. The first-order valence-corrected chi connectivity index (χ1v) is 7.23. The van der Waals surface area contributed by atoms with E-state index in [9.17, 15) is 18.0 Å². The zero-order chi connectivity index (χ0) is 16.5. The largest absolute Gasteiger partial charge is 0.408 e. The number of carbonyl (C=O) groups excluding carboxylic acids is 1. The van der Waals surface area contributed by atoms with E-state index in [1.165, 1.54) is 0 Å². The number of hydrogen-bond donors (Lipinski definition) is 1. The molecule has 2 heterocycles. The molecule has 22 heavy (non-hydrogen) atoms.